The van der Waals surface area contributed by atoms with Crippen LogP contribution in [0.15, 0.2) is 18.2 Å². The van der Waals surface area contributed by atoms with Crippen molar-refractivity contribution in [3.63, 3.8) is 0 Å². The maximum absolute atomic E-state index is 10.9. The fourth-order valence-electron chi connectivity index (χ4n) is 0.916. The van der Waals surface area contributed by atoms with Gasteiger partial charge in [0, 0.05) is 12.5 Å². The smallest absolute Gasteiger partial charge is 0.150 e. The molecule has 0 fully saturated rings. The van der Waals surface area contributed by atoms with E-state index in [2.05, 4.69) is 0 Å². The second-order valence-corrected chi connectivity index (χ2v) is 3.93. The molecule has 1 aromatic rings. The van der Waals surface area contributed by atoms with Crippen molar-refractivity contribution < 1.29 is 9.53 Å². The van der Waals surface area contributed by atoms with Gasteiger partial charge in [-0.25, -0.2) is 0 Å². The highest BCUT2D eigenvalue weighted by atomic mass is 35.5. The molecule has 0 saturated carbocycles. The fraction of sp³-hybridized carbons (Fsp3) is 0.300. The van der Waals surface area contributed by atoms with Crippen molar-refractivity contribution >= 4 is 40.6 Å². The van der Waals surface area contributed by atoms with E-state index in [1.807, 2.05) is 0 Å². The van der Waals surface area contributed by atoms with Crippen LogP contribution >= 0.6 is 34.8 Å². The summed E-state index contributed by atoms with van der Waals surface area (Å²) >= 11 is 16.8. The summed E-state index contributed by atoms with van der Waals surface area (Å²) in [6.07, 6.45) is 0.295. The summed E-state index contributed by atoms with van der Waals surface area (Å²) in [4.78, 5) is 10.9. The van der Waals surface area contributed by atoms with E-state index in [9.17, 15) is 4.79 Å². The summed E-state index contributed by atoms with van der Waals surface area (Å²) < 4.78 is 5.29. The van der Waals surface area contributed by atoms with Gasteiger partial charge in [0.25, 0.3) is 0 Å². The van der Waals surface area contributed by atoms with Crippen LogP contribution in [-0.2, 0) is 4.79 Å². The molecule has 1 aromatic carbocycles. The molecule has 0 aromatic heterocycles. The highest BCUT2D eigenvalue weighted by Gasteiger charge is 2.02. The second kappa shape index (κ2) is 6.21. The Labute approximate surface area is 103 Å². The fourth-order valence-corrected chi connectivity index (χ4v) is 1.34. The first-order chi connectivity index (χ1) is 7.13. The third kappa shape index (κ3) is 4.29. The molecule has 0 N–H and O–H groups in total. The molecule has 0 aliphatic carbocycles. The molecule has 2 nitrogen and oxygen atoms in total. The van der Waals surface area contributed by atoms with Gasteiger partial charge in [-0.05, 0) is 12.1 Å². The van der Waals surface area contributed by atoms with Crippen molar-refractivity contribution in [1.82, 2.24) is 0 Å². The van der Waals surface area contributed by atoms with Gasteiger partial charge >= 0.3 is 0 Å². The number of Topliss-reactive ketones (excluding diaryl/α,β-unsaturated/α-hetero) is 1. The SMILES string of the molecule is O=C(CCl)CCOc1ccc(Cl)c(Cl)c1. The minimum absolute atomic E-state index is 0.0186. The Morgan fingerprint density at radius 1 is 1.27 bits per heavy atom. The van der Waals surface area contributed by atoms with E-state index < -0.39 is 0 Å². The maximum atomic E-state index is 10.9. The first-order valence-electron chi connectivity index (χ1n) is 4.29. The zero-order valence-corrected chi connectivity index (χ0v) is 10.1. The molecule has 0 bridgehead atoms. The summed E-state index contributed by atoms with van der Waals surface area (Å²) in [6.45, 7) is 0.295. The lowest BCUT2D eigenvalue weighted by Crippen LogP contribution is -2.06. The second-order valence-electron chi connectivity index (χ2n) is 2.85. The van der Waals surface area contributed by atoms with Crippen LogP contribution in [0.3, 0.4) is 0 Å². The summed E-state index contributed by atoms with van der Waals surface area (Å²) in [5, 5.41) is 0.902. The largest absolute Gasteiger partial charge is 0.493 e. The average Bonchev–Trinajstić information content (AvgIpc) is 2.23. The summed E-state index contributed by atoms with van der Waals surface area (Å²) in [5.74, 6) is 0.563. The van der Waals surface area contributed by atoms with Gasteiger partial charge in [0.15, 0.2) is 5.78 Å². The average molecular weight is 268 g/mol. The molecular formula is C10H9Cl3O2. The standard InChI is InChI=1S/C10H9Cl3O2/c11-6-7(14)3-4-15-8-1-2-9(12)10(13)5-8/h1-2,5H,3-4,6H2. The molecular weight excluding hydrogens is 258 g/mol. The minimum Gasteiger partial charge on any atom is -0.493 e. The molecule has 0 aliphatic rings. The third-order valence-electron chi connectivity index (χ3n) is 1.69. The van der Waals surface area contributed by atoms with E-state index in [4.69, 9.17) is 39.5 Å². The van der Waals surface area contributed by atoms with Crippen molar-refractivity contribution in [2.45, 2.75) is 6.42 Å². The van der Waals surface area contributed by atoms with Crippen LogP contribution in [0, 0.1) is 0 Å². The molecule has 0 aliphatic heterocycles. The first kappa shape index (κ1) is 12.6. The zero-order valence-electron chi connectivity index (χ0n) is 7.80. The van der Waals surface area contributed by atoms with Gasteiger partial charge in [0.05, 0.1) is 22.5 Å². The summed E-state index contributed by atoms with van der Waals surface area (Å²) in [5.41, 5.74) is 0. The van der Waals surface area contributed by atoms with Crippen molar-refractivity contribution in [3.8, 4) is 5.75 Å². The van der Waals surface area contributed by atoms with Crippen LogP contribution in [0.25, 0.3) is 0 Å². The lowest BCUT2D eigenvalue weighted by molar-refractivity contribution is -0.117. The Hall–Kier alpha value is -0.440. The van der Waals surface area contributed by atoms with Gasteiger partial charge < -0.3 is 4.74 Å². The number of carbonyl (C=O) groups is 1. The summed E-state index contributed by atoms with van der Waals surface area (Å²) in [6, 6.07) is 4.94. The van der Waals surface area contributed by atoms with E-state index in [0.29, 0.717) is 28.8 Å². The highest BCUT2D eigenvalue weighted by molar-refractivity contribution is 6.42. The third-order valence-corrected chi connectivity index (χ3v) is 2.73. The number of alkyl halides is 1. The molecule has 0 atom stereocenters. The lowest BCUT2D eigenvalue weighted by Gasteiger charge is -2.05. The molecule has 0 amide bonds. The predicted molar refractivity (Wildman–Crippen MR) is 62.3 cm³/mol. The molecule has 5 heteroatoms. The molecule has 0 saturated heterocycles. The Morgan fingerprint density at radius 2 is 2.00 bits per heavy atom. The minimum atomic E-state index is -0.0447. The number of hydrogen-bond donors (Lipinski definition) is 0. The zero-order chi connectivity index (χ0) is 11.3. The number of halogens is 3. The van der Waals surface area contributed by atoms with E-state index in [1.165, 1.54) is 0 Å². The van der Waals surface area contributed by atoms with Crippen molar-refractivity contribution in [2.24, 2.45) is 0 Å². The molecule has 0 spiro atoms. The number of rotatable bonds is 5. The van der Waals surface area contributed by atoms with Crippen molar-refractivity contribution in [2.75, 3.05) is 12.5 Å². The quantitative estimate of drug-likeness (QED) is 0.762. The van der Waals surface area contributed by atoms with Crippen LogP contribution in [0.5, 0.6) is 5.75 Å². The maximum Gasteiger partial charge on any atom is 0.150 e. The van der Waals surface area contributed by atoms with Crippen LogP contribution in [0.4, 0.5) is 0 Å². The van der Waals surface area contributed by atoms with Gasteiger partial charge in [-0.3, -0.25) is 4.79 Å². The van der Waals surface area contributed by atoms with Gasteiger partial charge in [-0.15, -0.1) is 11.6 Å². The normalized spacial score (nSPS) is 10.1. The lowest BCUT2D eigenvalue weighted by atomic mass is 10.3. The number of hydrogen-bond acceptors (Lipinski definition) is 2. The van der Waals surface area contributed by atoms with Gasteiger partial charge in [-0.1, -0.05) is 23.2 Å². The van der Waals surface area contributed by atoms with E-state index in [0.717, 1.165) is 0 Å². The number of ketones is 1. The van der Waals surface area contributed by atoms with Crippen molar-refractivity contribution in [3.05, 3.63) is 28.2 Å². The van der Waals surface area contributed by atoms with Crippen LogP contribution in [-0.4, -0.2) is 18.3 Å². The monoisotopic (exact) mass is 266 g/mol. The Kier molecular flexibility index (Phi) is 5.23. The number of ether oxygens (including phenoxy) is 1. The Balaban J connectivity index is 2.44. The molecule has 15 heavy (non-hydrogen) atoms. The van der Waals surface area contributed by atoms with Gasteiger partial charge in [-0.2, -0.15) is 0 Å². The van der Waals surface area contributed by atoms with E-state index in [-0.39, 0.29) is 11.7 Å². The molecule has 0 unspecified atom stereocenters. The van der Waals surface area contributed by atoms with Crippen LogP contribution in [0.1, 0.15) is 6.42 Å². The van der Waals surface area contributed by atoms with E-state index in [1.54, 1.807) is 18.2 Å². The van der Waals surface area contributed by atoms with Gasteiger partial charge in [0.1, 0.15) is 5.75 Å². The van der Waals surface area contributed by atoms with Crippen LogP contribution in [0.2, 0.25) is 10.0 Å². The van der Waals surface area contributed by atoms with Gasteiger partial charge in [0.2, 0.25) is 0 Å². The Bertz CT molecular complexity index is 353. The molecule has 82 valence electrons. The van der Waals surface area contributed by atoms with Crippen molar-refractivity contribution in [1.29, 1.82) is 0 Å². The molecule has 1 rings (SSSR count). The highest BCUT2D eigenvalue weighted by Crippen LogP contribution is 2.26. The topological polar surface area (TPSA) is 26.3 Å². The first-order valence-corrected chi connectivity index (χ1v) is 5.58. The molecule has 0 radical (unpaired) electrons. The predicted octanol–water partition coefficient (Wildman–Crippen LogP) is 3.57. The Morgan fingerprint density at radius 3 is 2.60 bits per heavy atom. The molecule has 0 heterocycles. The van der Waals surface area contributed by atoms with E-state index >= 15 is 0 Å². The number of benzene rings is 1. The number of carbonyl (C=O) groups excluding carboxylic acids is 1. The summed E-state index contributed by atoms with van der Waals surface area (Å²) in [7, 11) is 0. The van der Waals surface area contributed by atoms with Crippen LogP contribution < -0.4 is 4.74 Å².